The van der Waals surface area contributed by atoms with Gasteiger partial charge in [-0.25, -0.2) is 0 Å². The number of amides is 1. The number of likely N-dealkylation sites (tertiary alicyclic amines) is 1. The molecule has 6 heteroatoms. The number of hydrogen-bond donors (Lipinski definition) is 1. The first-order valence-corrected chi connectivity index (χ1v) is 9.92. The molecule has 2 fully saturated rings. The number of hydrogen-bond acceptors (Lipinski definition) is 5. The third kappa shape index (κ3) is 3.90. The fraction of sp³-hybridized carbons (Fsp3) is 0.571. The fourth-order valence-electron chi connectivity index (χ4n) is 4.60. The van der Waals surface area contributed by atoms with E-state index in [1.165, 1.54) is 0 Å². The highest BCUT2D eigenvalue weighted by Gasteiger charge is 2.30. The maximum absolute atomic E-state index is 12.5. The lowest BCUT2D eigenvalue weighted by Gasteiger charge is -2.39. The summed E-state index contributed by atoms with van der Waals surface area (Å²) in [5, 5.41) is 4.43. The van der Waals surface area contributed by atoms with Gasteiger partial charge in [0.1, 0.15) is 0 Å². The maximum Gasteiger partial charge on any atom is 0.220 e. The summed E-state index contributed by atoms with van der Waals surface area (Å²) < 4.78 is 0. The molecule has 0 aliphatic carbocycles. The summed E-state index contributed by atoms with van der Waals surface area (Å²) in [6.07, 6.45) is 5.46. The molecule has 2 atom stereocenters. The van der Waals surface area contributed by atoms with Crippen molar-refractivity contribution < 1.29 is 4.79 Å². The number of pyridine rings is 2. The van der Waals surface area contributed by atoms with Crippen LogP contribution in [0.15, 0.2) is 24.5 Å². The van der Waals surface area contributed by atoms with Gasteiger partial charge in [-0.1, -0.05) is 6.92 Å². The predicted octanol–water partition coefficient (Wildman–Crippen LogP) is 2.22. The number of anilines is 1. The van der Waals surface area contributed by atoms with Crippen LogP contribution >= 0.6 is 0 Å². The van der Waals surface area contributed by atoms with E-state index in [0.29, 0.717) is 18.3 Å². The van der Waals surface area contributed by atoms with Crippen molar-refractivity contribution in [3.63, 3.8) is 0 Å². The van der Waals surface area contributed by atoms with Crippen LogP contribution in [0.25, 0.3) is 10.9 Å². The lowest BCUT2D eigenvalue weighted by molar-refractivity contribution is -0.124. The van der Waals surface area contributed by atoms with Crippen LogP contribution in [-0.4, -0.2) is 60.0 Å². The van der Waals surface area contributed by atoms with Crippen molar-refractivity contribution in [3.8, 4) is 0 Å². The van der Waals surface area contributed by atoms with E-state index in [1.54, 1.807) is 0 Å². The van der Waals surface area contributed by atoms with Gasteiger partial charge in [0.05, 0.1) is 23.1 Å². The van der Waals surface area contributed by atoms with Gasteiger partial charge >= 0.3 is 0 Å². The molecule has 0 spiro atoms. The van der Waals surface area contributed by atoms with Crippen molar-refractivity contribution in [2.24, 2.45) is 11.8 Å². The minimum absolute atomic E-state index is 0.187. The molecule has 0 bridgehead atoms. The van der Waals surface area contributed by atoms with Crippen LogP contribution in [0, 0.1) is 18.8 Å². The predicted molar refractivity (Wildman–Crippen MR) is 108 cm³/mol. The molecular weight excluding hydrogens is 338 g/mol. The Labute approximate surface area is 161 Å². The molecule has 2 aromatic heterocycles. The summed E-state index contributed by atoms with van der Waals surface area (Å²) in [6, 6.07) is 4.28. The van der Waals surface area contributed by atoms with E-state index >= 15 is 0 Å². The van der Waals surface area contributed by atoms with E-state index in [0.717, 1.165) is 54.9 Å². The summed E-state index contributed by atoms with van der Waals surface area (Å²) in [4.78, 5) is 26.2. The summed E-state index contributed by atoms with van der Waals surface area (Å²) in [5.74, 6) is 1.23. The number of rotatable bonds is 4. The van der Waals surface area contributed by atoms with Crippen molar-refractivity contribution in [3.05, 3.63) is 30.2 Å². The Hall–Kier alpha value is -2.21. The largest absolute Gasteiger partial charge is 0.367 e. The zero-order valence-electron chi connectivity index (χ0n) is 16.5. The summed E-state index contributed by atoms with van der Waals surface area (Å²) in [7, 11) is 2.10. The Morgan fingerprint density at radius 3 is 2.85 bits per heavy atom. The molecule has 2 aliphatic heterocycles. The molecule has 0 aromatic carbocycles. The van der Waals surface area contributed by atoms with E-state index in [1.807, 2.05) is 25.4 Å². The molecule has 4 heterocycles. The molecule has 0 radical (unpaired) electrons. The Morgan fingerprint density at radius 1 is 1.26 bits per heavy atom. The van der Waals surface area contributed by atoms with Crippen LogP contribution in [0.4, 0.5) is 5.69 Å². The quantitative estimate of drug-likeness (QED) is 0.898. The second kappa shape index (κ2) is 7.43. The SMILES string of the molecule is Cc1ncc(N2C[C@@H](C)C[C@@H](NC(=O)CC3CN(C)C3)C2)c2cccnc12. The molecule has 2 aromatic rings. The molecule has 1 amide bonds. The van der Waals surface area contributed by atoms with Crippen molar-refractivity contribution >= 4 is 22.5 Å². The topological polar surface area (TPSA) is 61.4 Å². The van der Waals surface area contributed by atoms with E-state index < -0.39 is 0 Å². The number of piperidine rings is 1. The number of aromatic nitrogens is 2. The Morgan fingerprint density at radius 2 is 2.07 bits per heavy atom. The van der Waals surface area contributed by atoms with E-state index in [2.05, 4.69) is 45.1 Å². The fourth-order valence-corrected chi connectivity index (χ4v) is 4.60. The monoisotopic (exact) mass is 367 g/mol. The smallest absolute Gasteiger partial charge is 0.220 e. The molecule has 0 unspecified atom stereocenters. The molecule has 4 rings (SSSR count). The second-order valence-corrected chi connectivity index (χ2v) is 8.43. The number of nitrogens with one attached hydrogen (secondary N) is 1. The lowest BCUT2D eigenvalue weighted by atomic mass is 9.93. The first kappa shape index (κ1) is 18.2. The van der Waals surface area contributed by atoms with E-state index in [4.69, 9.17) is 0 Å². The molecule has 1 N–H and O–H groups in total. The zero-order chi connectivity index (χ0) is 19.0. The highest BCUT2D eigenvalue weighted by atomic mass is 16.1. The molecule has 6 nitrogen and oxygen atoms in total. The highest BCUT2D eigenvalue weighted by molar-refractivity contribution is 5.92. The van der Waals surface area contributed by atoms with Gasteiger partial charge in [-0.3, -0.25) is 14.8 Å². The van der Waals surface area contributed by atoms with Crippen LogP contribution in [0.3, 0.4) is 0 Å². The van der Waals surface area contributed by atoms with Crippen LogP contribution in [0.1, 0.15) is 25.5 Å². The van der Waals surface area contributed by atoms with Gasteiger partial charge in [0.15, 0.2) is 0 Å². The van der Waals surface area contributed by atoms with E-state index in [9.17, 15) is 4.79 Å². The number of carbonyl (C=O) groups is 1. The van der Waals surface area contributed by atoms with Crippen molar-refractivity contribution in [1.29, 1.82) is 0 Å². The van der Waals surface area contributed by atoms with Crippen molar-refractivity contribution in [1.82, 2.24) is 20.2 Å². The van der Waals surface area contributed by atoms with Gasteiger partial charge in [-0.15, -0.1) is 0 Å². The minimum Gasteiger partial charge on any atom is -0.367 e. The van der Waals surface area contributed by atoms with Gasteiger partial charge in [0, 0.05) is 50.2 Å². The zero-order valence-corrected chi connectivity index (χ0v) is 16.5. The molecule has 2 saturated heterocycles. The first-order valence-electron chi connectivity index (χ1n) is 9.92. The number of carbonyl (C=O) groups excluding carboxylic acids is 1. The van der Waals surface area contributed by atoms with Crippen LogP contribution in [0.2, 0.25) is 0 Å². The van der Waals surface area contributed by atoms with E-state index in [-0.39, 0.29) is 11.9 Å². The normalized spacial score (nSPS) is 24.0. The summed E-state index contributed by atoms with van der Waals surface area (Å²) in [5.41, 5.74) is 3.03. The van der Waals surface area contributed by atoms with Crippen molar-refractivity contribution in [2.45, 2.75) is 32.7 Å². The molecule has 2 aliphatic rings. The highest BCUT2D eigenvalue weighted by Crippen LogP contribution is 2.30. The lowest BCUT2D eigenvalue weighted by Crippen LogP contribution is -2.52. The molecule has 0 saturated carbocycles. The molecule has 144 valence electrons. The number of fused-ring (bicyclic) bond motifs is 1. The maximum atomic E-state index is 12.5. The Balaban J connectivity index is 1.48. The average Bonchev–Trinajstić information content (AvgIpc) is 2.60. The molecular formula is C21H29N5O. The van der Waals surface area contributed by atoms with Gasteiger partial charge < -0.3 is 15.1 Å². The average molecular weight is 367 g/mol. The first-order chi connectivity index (χ1) is 13.0. The van der Waals surface area contributed by atoms with Gasteiger partial charge in [-0.2, -0.15) is 0 Å². The number of aryl methyl sites for hydroxylation is 1. The van der Waals surface area contributed by atoms with Gasteiger partial charge in [0.2, 0.25) is 5.91 Å². The van der Waals surface area contributed by atoms with Gasteiger partial charge in [-0.05, 0) is 44.4 Å². The third-order valence-corrected chi connectivity index (χ3v) is 5.79. The third-order valence-electron chi connectivity index (χ3n) is 5.79. The summed E-state index contributed by atoms with van der Waals surface area (Å²) in [6.45, 7) is 8.14. The van der Waals surface area contributed by atoms with Crippen molar-refractivity contribution in [2.75, 3.05) is 38.1 Å². The van der Waals surface area contributed by atoms with Gasteiger partial charge in [0.25, 0.3) is 0 Å². The van der Waals surface area contributed by atoms with Crippen LogP contribution < -0.4 is 10.2 Å². The standard InChI is InChI=1S/C21H29N5O/c1-14-7-17(24-20(27)8-16-11-25(3)12-16)13-26(10-14)19-9-23-15(2)21-18(19)5-4-6-22-21/h4-6,9,14,16-17H,7-8,10-13H2,1-3H3,(H,24,27)/t14-,17+/m0/s1. The van der Waals surface area contributed by atoms with Crippen LogP contribution in [-0.2, 0) is 4.79 Å². The number of nitrogens with zero attached hydrogens (tertiary/aromatic N) is 4. The minimum atomic E-state index is 0.187. The summed E-state index contributed by atoms with van der Waals surface area (Å²) >= 11 is 0. The second-order valence-electron chi connectivity index (χ2n) is 8.43. The van der Waals surface area contributed by atoms with Crippen LogP contribution in [0.5, 0.6) is 0 Å². The Bertz CT molecular complexity index is 832. The molecule has 27 heavy (non-hydrogen) atoms. The Kier molecular flexibility index (Phi) is 5.00.